The predicted octanol–water partition coefficient (Wildman–Crippen LogP) is 2.57. The van der Waals surface area contributed by atoms with Gasteiger partial charge in [-0.25, -0.2) is 12.8 Å². The summed E-state index contributed by atoms with van der Waals surface area (Å²) in [6.07, 6.45) is 0. The molecule has 0 spiro atoms. The molecule has 0 amide bonds. The summed E-state index contributed by atoms with van der Waals surface area (Å²) in [4.78, 5) is 6.42. The Hall–Kier alpha value is -0.790. The molecule has 1 saturated heterocycles. The van der Waals surface area contributed by atoms with Gasteiger partial charge in [0.05, 0.1) is 28.6 Å². The molecule has 1 fully saturated rings. The van der Waals surface area contributed by atoms with Gasteiger partial charge in [-0.2, -0.15) is 0 Å². The van der Waals surface area contributed by atoms with Gasteiger partial charge in [0.1, 0.15) is 5.82 Å². The van der Waals surface area contributed by atoms with Crippen molar-refractivity contribution in [3.05, 3.63) is 29.0 Å². The van der Waals surface area contributed by atoms with Crippen LogP contribution in [0.15, 0.2) is 23.2 Å². The number of thioether (sulfide) groups is 1. The normalized spacial score (nSPS) is 26.8. The van der Waals surface area contributed by atoms with Gasteiger partial charge in [-0.05, 0) is 24.0 Å². The van der Waals surface area contributed by atoms with E-state index in [9.17, 15) is 12.8 Å². The van der Waals surface area contributed by atoms with Gasteiger partial charge in [-0.15, -0.1) is 0 Å². The van der Waals surface area contributed by atoms with Crippen LogP contribution >= 0.6 is 23.4 Å². The maximum atomic E-state index is 13.3. The first-order valence-electron chi connectivity index (χ1n) is 6.56. The van der Waals surface area contributed by atoms with Crippen molar-refractivity contribution in [2.75, 3.05) is 22.2 Å². The second kappa shape index (κ2) is 5.44. The number of fused-ring (bicyclic) bond motifs is 1. The minimum absolute atomic E-state index is 0.0256. The van der Waals surface area contributed by atoms with Crippen molar-refractivity contribution in [1.29, 1.82) is 0 Å². The summed E-state index contributed by atoms with van der Waals surface area (Å²) in [6, 6.07) is 3.97. The van der Waals surface area contributed by atoms with Gasteiger partial charge in [-0.3, -0.25) is 4.99 Å². The van der Waals surface area contributed by atoms with E-state index in [2.05, 4.69) is 4.99 Å². The molecule has 21 heavy (non-hydrogen) atoms. The average Bonchev–Trinajstić information content (AvgIpc) is 2.85. The van der Waals surface area contributed by atoms with E-state index >= 15 is 0 Å². The SMILES string of the molecule is CCSC1=N[C@H]2CS(=O)(=O)C[C@H]2N1c1ccc(F)c(Cl)c1. The molecule has 0 aromatic heterocycles. The predicted molar refractivity (Wildman–Crippen MR) is 85.7 cm³/mol. The summed E-state index contributed by atoms with van der Waals surface area (Å²) in [5, 5.41) is 0.808. The molecule has 2 heterocycles. The topological polar surface area (TPSA) is 49.7 Å². The van der Waals surface area contributed by atoms with Crippen LogP contribution in [0.5, 0.6) is 0 Å². The highest BCUT2D eigenvalue weighted by molar-refractivity contribution is 8.14. The molecule has 0 N–H and O–H groups in total. The molecule has 3 rings (SSSR count). The van der Waals surface area contributed by atoms with Crippen LogP contribution in [0.4, 0.5) is 10.1 Å². The molecule has 2 aliphatic rings. The number of rotatable bonds is 2. The molecule has 1 aromatic carbocycles. The van der Waals surface area contributed by atoms with Crippen molar-refractivity contribution in [2.45, 2.75) is 19.0 Å². The van der Waals surface area contributed by atoms with Crippen molar-refractivity contribution >= 4 is 44.1 Å². The maximum absolute atomic E-state index is 13.3. The largest absolute Gasteiger partial charge is 0.315 e. The summed E-state index contributed by atoms with van der Waals surface area (Å²) in [7, 11) is -3.07. The molecule has 2 aliphatic heterocycles. The van der Waals surface area contributed by atoms with Crippen LogP contribution in [0.25, 0.3) is 0 Å². The van der Waals surface area contributed by atoms with Gasteiger partial charge < -0.3 is 4.90 Å². The van der Waals surface area contributed by atoms with E-state index in [1.807, 2.05) is 11.8 Å². The molecule has 0 aliphatic carbocycles. The Morgan fingerprint density at radius 3 is 2.90 bits per heavy atom. The summed E-state index contributed by atoms with van der Waals surface area (Å²) in [6.45, 7) is 2.01. The Morgan fingerprint density at radius 1 is 1.48 bits per heavy atom. The molecule has 4 nitrogen and oxygen atoms in total. The van der Waals surface area contributed by atoms with E-state index in [0.717, 1.165) is 10.9 Å². The third-order valence-corrected chi connectivity index (χ3v) is 6.40. The van der Waals surface area contributed by atoms with Gasteiger partial charge in [0.15, 0.2) is 15.0 Å². The lowest BCUT2D eigenvalue weighted by atomic mass is 10.1. The summed E-state index contributed by atoms with van der Waals surface area (Å²) in [5.74, 6) is 0.494. The van der Waals surface area contributed by atoms with Crippen molar-refractivity contribution in [1.82, 2.24) is 0 Å². The van der Waals surface area contributed by atoms with Gasteiger partial charge in [0, 0.05) is 5.69 Å². The third kappa shape index (κ3) is 2.78. The zero-order valence-electron chi connectivity index (χ0n) is 11.3. The third-order valence-electron chi connectivity index (χ3n) is 3.56. The van der Waals surface area contributed by atoms with Crippen LogP contribution in [-0.4, -0.2) is 42.9 Å². The van der Waals surface area contributed by atoms with Gasteiger partial charge in [0.2, 0.25) is 0 Å². The van der Waals surface area contributed by atoms with Gasteiger partial charge in [-0.1, -0.05) is 30.3 Å². The van der Waals surface area contributed by atoms with Crippen LogP contribution < -0.4 is 4.90 Å². The van der Waals surface area contributed by atoms with E-state index in [1.165, 1.54) is 12.1 Å². The zero-order valence-corrected chi connectivity index (χ0v) is 13.7. The van der Waals surface area contributed by atoms with Gasteiger partial charge >= 0.3 is 0 Å². The van der Waals surface area contributed by atoms with Crippen molar-refractivity contribution < 1.29 is 12.8 Å². The summed E-state index contributed by atoms with van der Waals surface area (Å²) in [5.41, 5.74) is 0.686. The highest BCUT2D eigenvalue weighted by atomic mass is 35.5. The Bertz CT molecular complexity index is 708. The van der Waals surface area contributed by atoms with Crippen molar-refractivity contribution in [2.24, 2.45) is 4.99 Å². The number of hydrogen-bond donors (Lipinski definition) is 0. The highest BCUT2D eigenvalue weighted by Gasteiger charge is 2.47. The number of halogens is 2. The molecule has 0 bridgehead atoms. The number of nitrogens with zero attached hydrogens (tertiary/aromatic N) is 2. The zero-order chi connectivity index (χ0) is 15.2. The fraction of sp³-hybridized carbons (Fsp3) is 0.462. The second-order valence-electron chi connectivity index (χ2n) is 5.02. The molecule has 114 valence electrons. The van der Waals surface area contributed by atoms with Crippen LogP contribution in [0.2, 0.25) is 5.02 Å². The molecule has 0 unspecified atom stereocenters. The molecule has 1 aromatic rings. The molecule has 0 radical (unpaired) electrons. The summed E-state index contributed by atoms with van der Waals surface area (Å²) < 4.78 is 37.0. The number of anilines is 1. The van der Waals surface area contributed by atoms with E-state index in [0.29, 0.717) is 5.69 Å². The summed E-state index contributed by atoms with van der Waals surface area (Å²) >= 11 is 7.40. The number of benzene rings is 1. The lowest BCUT2D eigenvalue weighted by molar-refractivity contribution is 0.601. The highest BCUT2D eigenvalue weighted by Crippen LogP contribution is 2.36. The number of amidine groups is 1. The smallest absolute Gasteiger partial charge is 0.164 e. The number of hydrogen-bond acceptors (Lipinski definition) is 5. The van der Waals surface area contributed by atoms with E-state index in [-0.39, 0.29) is 28.6 Å². The first kappa shape index (κ1) is 15.1. The number of sulfone groups is 1. The Labute approximate surface area is 132 Å². The fourth-order valence-electron chi connectivity index (χ4n) is 2.70. The average molecular weight is 349 g/mol. The minimum atomic E-state index is -3.07. The standard InChI is InChI=1S/C13H14ClFN2O2S2/c1-2-20-13-16-11-6-21(18,19)7-12(11)17(13)8-3-4-10(15)9(14)5-8/h3-5,11-12H,2,6-7H2,1H3/t11-,12+/m0/s1. The van der Waals surface area contributed by atoms with Crippen molar-refractivity contribution in [3.8, 4) is 0 Å². The molecule has 8 heteroatoms. The maximum Gasteiger partial charge on any atom is 0.164 e. The van der Waals surface area contributed by atoms with E-state index in [4.69, 9.17) is 11.6 Å². The minimum Gasteiger partial charge on any atom is -0.315 e. The molecular formula is C13H14ClFN2O2S2. The molecule has 0 saturated carbocycles. The van der Waals surface area contributed by atoms with E-state index in [1.54, 1.807) is 17.8 Å². The Morgan fingerprint density at radius 2 is 2.24 bits per heavy atom. The van der Waals surface area contributed by atoms with Crippen LogP contribution in [0.3, 0.4) is 0 Å². The fourth-order valence-corrected chi connectivity index (χ4v) is 5.57. The molecular weight excluding hydrogens is 335 g/mol. The lowest BCUT2D eigenvalue weighted by Crippen LogP contribution is -2.39. The quantitative estimate of drug-likeness (QED) is 0.824. The lowest BCUT2D eigenvalue weighted by Gasteiger charge is -2.26. The molecule has 2 atom stereocenters. The van der Waals surface area contributed by atoms with E-state index < -0.39 is 15.7 Å². The van der Waals surface area contributed by atoms with Crippen LogP contribution in [-0.2, 0) is 9.84 Å². The van der Waals surface area contributed by atoms with Gasteiger partial charge in [0.25, 0.3) is 0 Å². The van der Waals surface area contributed by atoms with Crippen LogP contribution in [0.1, 0.15) is 6.92 Å². The van der Waals surface area contributed by atoms with Crippen LogP contribution in [0, 0.1) is 5.82 Å². The Balaban J connectivity index is 2.01. The number of aliphatic imine (C=N–C) groups is 1. The monoisotopic (exact) mass is 348 g/mol. The first-order chi connectivity index (χ1) is 9.91. The second-order valence-corrected chi connectivity index (χ2v) is 8.82. The Kier molecular flexibility index (Phi) is 3.92. The van der Waals surface area contributed by atoms with Crippen molar-refractivity contribution in [3.63, 3.8) is 0 Å². The first-order valence-corrected chi connectivity index (χ1v) is 9.75.